The van der Waals surface area contributed by atoms with Crippen LogP contribution < -0.4 is 0 Å². The van der Waals surface area contributed by atoms with Crippen LogP contribution in [0.2, 0.25) is 0 Å². The number of hydrogen-bond acceptors (Lipinski definition) is 3. The molecule has 0 unspecified atom stereocenters. The average molecular weight is 373 g/mol. The molecule has 0 saturated carbocycles. The number of aryl methyl sites for hydroxylation is 1. The molecule has 1 aromatic heterocycles. The van der Waals surface area contributed by atoms with E-state index in [0.717, 1.165) is 22.2 Å². The molecule has 27 heavy (non-hydrogen) atoms. The molecule has 4 rings (SSSR count). The highest BCUT2D eigenvalue weighted by Gasteiger charge is 2.19. The van der Waals surface area contributed by atoms with E-state index in [0.29, 0.717) is 5.56 Å². The summed E-state index contributed by atoms with van der Waals surface area (Å²) in [5.41, 5.74) is 3.85. The first-order chi connectivity index (χ1) is 13.2. The van der Waals surface area contributed by atoms with Crippen LogP contribution in [0.4, 0.5) is 0 Å². The monoisotopic (exact) mass is 373 g/mol. The van der Waals surface area contributed by atoms with Crippen LogP contribution in [0.3, 0.4) is 0 Å². The van der Waals surface area contributed by atoms with Crippen molar-refractivity contribution in [2.45, 2.75) is 9.79 Å². The lowest BCUT2D eigenvalue weighted by Crippen LogP contribution is -2.01. The van der Waals surface area contributed by atoms with Crippen molar-refractivity contribution in [3.05, 3.63) is 84.4 Å². The number of carbonyl (C=O) groups is 1. The van der Waals surface area contributed by atoms with E-state index in [2.05, 4.69) is 28.8 Å². The van der Waals surface area contributed by atoms with Gasteiger partial charge in [0.05, 0.1) is 23.9 Å². The topological polar surface area (TPSA) is 31.2 Å². The van der Waals surface area contributed by atoms with Crippen LogP contribution in [-0.4, -0.2) is 17.6 Å². The van der Waals surface area contributed by atoms with Gasteiger partial charge in [-0.15, -0.1) is 0 Å². The highest BCUT2D eigenvalue weighted by molar-refractivity contribution is 7.99. The van der Waals surface area contributed by atoms with Crippen molar-refractivity contribution in [3.63, 3.8) is 0 Å². The molecule has 0 spiro atoms. The molecule has 0 N–H and O–H groups in total. The Hall–Kier alpha value is -2.98. The van der Waals surface area contributed by atoms with Gasteiger partial charge in [0.2, 0.25) is 0 Å². The number of aromatic nitrogens is 1. The standard InChI is InChI=1S/C23H19NO2S/c1-24-20-15-17(23(25)26-2)13-14-19(20)22(27-18-11-7-4-8-12-18)21(24)16-9-5-3-6-10-16/h3-15H,1-2H3. The van der Waals surface area contributed by atoms with Gasteiger partial charge in [-0.2, -0.15) is 0 Å². The van der Waals surface area contributed by atoms with Gasteiger partial charge in [0.15, 0.2) is 0 Å². The van der Waals surface area contributed by atoms with Gasteiger partial charge in [-0.25, -0.2) is 4.79 Å². The predicted octanol–water partition coefficient (Wildman–Crippen LogP) is 5.78. The lowest BCUT2D eigenvalue weighted by atomic mass is 10.1. The Morgan fingerprint density at radius 2 is 1.59 bits per heavy atom. The Bertz CT molecular complexity index is 1100. The van der Waals surface area contributed by atoms with Crippen molar-refractivity contribution in [2.24, 2.45) is 7.05 Å². The van der Waals surface area contributed by atoms with Crippen molar-refractivity contribution in [1.82, 2.24) is 4.57 Å². The molecule has 0 radical (unpaired) electrons. The van der Waals surface area contributed by atoms with Crippen LogP contribution in [0, 0.1) is 0 Å². The summed E-state index contributed by atoms with van der Waals surface area (Å²) in [4.78, 5) is 14.3. The highest BCUT2D eigenvalue weighted by Crippen LogP contribution is 2.43. The number of rotatable bonds is 4. The van der Waals surface area contributed by atoms with Crippen LogP contribution in [0.25, 0.3) is 22.2 Å². The van der Waals surface area contributed by atoms with Gasteiger partial charge >= 0.3 is 5.97 Å². The van der Waals surface area contributed by atoms with Crippen LogP contribution >= 0.6 is 11.8 Å². The quantitative estimate of drug-likeness (QED) is 0.425. The van der Waals surface area contributed by atoms with Crippen LogP contribution in [0.1, 0.15) is 10.4 Å². The Labute approximate surface area is 162 Å². The predicted molar refractivity (Wildman–Crippen MR) is 110 cm³/mol. The molecule has 0 fully saturated rings. The van der Waals surface area contributed by atoms with E-state index in [1.807, 2.05) is 61.6 Å². The maximum Gasteiger partial charge on any atom is 0.337 e. The number of nitrogens with zero attached hydrogens (tertiary/aromatic N) is 1. The fourth-order valence-corrected chi connectivity index (χ4v) is 4.44. The van der Waals surface area contributed by atoms with E-state index in [1.165, 1.54) is 16.9 Å². The third kappa shape index (κ3) is 3.24. The summed E-state index contributed by atoms with van der Waals surface area (Å²) < 4.78 is 7.04. The van der Waals surface area contributed by atoms with E-state index in [1.54, 1.807) is 11.8 Å². The number of methoxy groups -OCH3 is 1. The van der Waals surface area contributed by atoms with Crippen molar-refractivity contribution in [3.8, 4) is 11.3 Å². The van der Waals surface area contributed by atoms with Gasteiger partial charge in [-0.3, -0.25) is 0 Å². The Morgan fingerprint density at radius 1 is 0.926 bits per heavy atom. The summed E-state index contributed by atoms with van der Waals surface area (Å²) in [6.45, 7) is 0. The first-order valence-electron chi connectivity index (χ1n) is 8.68. The van der Waals surface area contributed by atoms with Crippen molar-refractivity contribution in [2.75, 3.05) is 7.11 Å². The molecule has 0 aliphatic heterocycles. The number of esters is 1. The van der Waals surface area contributed by atoms with Crippen LogP contribution in [-0.2, 0) is 11.8 Å². The summed E-state index contributed by atoms with van der Waals surface area (Å²) in [7, 11) is 3.45. The molecule has 3 aromatic carbocycles. The van der Waals surface area contributed by atoms with Crippen molar-refractivity contribution in [1.29, 1.82) is 0 Å². The number of benzene rings is 3. The molecular formula is C23H19NO2S. The van der Waals surface area contributed by atoms with Crippen molar-refractivity contribution >= 4 is 28.6 Å². The van der Waals surface area contributed by atoms with Gasteiger partial charge in [-0.05, 0) is 29.8 Å². The molecule has 0 aliphatic carbocycles. The summed E-state index contributed by atoms with van der Waals surface area (Å²) >= 11 is 1.74. The molecule has 4 heteroatoms. The van der Waals surface area contributed by atoms with E-state index >= 15 is 0 Å². The van der Waals surface area contributed by atoms with Crippen LogP contribution in [0.5, 0.6) is 0 Å². The molecule has 3 nitrogen and oxygen atoms in total. The number of fused-ring (bicyclic) bond motifs is 1. The summed E-state index contributed by atoms with van der Waals surface area (Å²) in [6.07, 6.45) is 0. The largest absolute Gasteiger partial charge is 0.465 e. The maximum atomic E-state index is 12.0. The first kappa shape index (κ1) is 17.4. The van der Waals surface area contributed by atoms with Gasteiger partial charge in [0.1, 0.15) is 0 Å². The first-order valence-corrected chi connectivity index (χ1v) is 9.50. The minimum atomic E-state index is -0.323. The minimum Gasteiger partial charge on any atom is -0.465 e. The van der Waals surface area contributed by atoms with Gasteiger partial charge in [0, 0.05) is 22.2 Å². The van der Waals surface area contributed by atoms with Crippen molar-refractivity contribution < 1.29 is 9.53 Å². The highest BCUT2D eigenvalue weighted by atomic mass is 32.2. The maximum absolute atomic E-state index is 12.0. The number of ether oxygens (including phenoxy) is 1. The fourth-order valence-electron chi connectivity index (χ4n) is 3.28. The van der Waals surface area contributed by atoms with Gasteiger partial charge in [-0.1, -0.05) is 66.4 Å². The normalized spacial score (nSPS) is 10.9. The second kappa shape index (κ2) is 7.33. The molecular weight excluding hydrogens is 354 g/mol. The van der Waals surface area contributed by atoms with E-state index in [4.69, 9.17) is 4.74 Å². The molecule has 0 amide bonds. The minimum absolute atomic E-state index is 0.323. The Morgan fingerprint density at radius 3 is 2.26 bits per heavy atom. The molecule has 134 valence electrons. The van der Waals surface area contributed by atoms with E-state index in [-0.39, 0.29) is 5.97 Å². The summed E-state index contributed by atoms with van der Waals surface area (Å²) in [5.74, 6) is -0.323. The van der Waals surface area contributed by atoms with Gasteiger partial charge < -0.3 is 9.30 Å². The Kier molecular flexibility index (Phi) is 4.73. The third-order valence-electron chi connectivity index (χ3n) is 4.59. The second-order valence-electron chi connectivity index (χ2n) is 6.24. The second-order valence-corrected chi connectivity index (χ2v) is 7.33. The lowest BCUT2D eigenvalue weighted by molar-refractivity contribution is 0.0601. The molecule has 0 aliphatic rings. The lowest BCUT2D eigenvalue weighted by Gasteiger charge is -2.08. The summed E-state index contributed by atoms with van der Waals surface area (Å²) in [5, 5.41) is 1.12. The average Bonchev–Trinajstić information content (AvgIpc) is 3.00. The molecule has 0 atom stereocenters. The smallest absolute Gasteiger partial charge is 0.337 e. The third-order valence-corrected chi connectivity index (χ3v) is 5.71. The SMILES string of the molecule is COC(=O)c1ccc2c(Sc3ccccc3)c(-c3ccccc3)n(C)c2c1. The zero-order valence-corrected chi connectivity index (χ0v) is 16.0. The molecule has 1 heterocycles. The summed E-state index contributed by atoms with van der Waals surface area (Å²) in [6, 6.07) is 26.4. The van der Waals surface area contributed by atoms with E-state index < -0.39 is 0 Å². The zero-order valence-electron chi connectivity index (χ0n) is 15.2. The fraction of sp³-hybridized carbons (Fsp3) is 0.0870. The number of hydrogen-bond donors (Lipinski definition) is 0. The van der Waals surface area contributed by atoms with Gasteiger partial charge in [0.25, 0.3) is 0 Å². The molecule has 4 aromatic rings. The van der Waals surface area contributed by atoms with Crippen LogP contribution in [0.15, 0.2) is 88.7 Å². The molecule has 0 saturated heterocycles. The Balaban J connectivity index is 1.96. The van der Waals surface area contributed by atoms with E-state index in [9.17, 15) is 4.79 Å². The molecule has 0 bridgehead atoms. The zero-order chi connectivity index (χ0) is 18.8. The number of carbonyl (C=O) groups excluding carboxylic acids is 1.